The minimum atomic E-state index is -0.436. The fourth-order valence-corrected chi connectivity index (χ4v) is 3.09. The van der Waals surface area contributed by atoms with Crippen LogP contribution in [0.15, 0.2) is 6.07 Å². The van der Waals surface area contributed by atoms with Crippen LogP contribution < -0.4 is 11.1 Å². The molecule has 2 aliphatic carbocycles. The first-order chi connectivity index (χ1) is 7.75. The van der Waals surface area contributed by atoms with E-state index in [2.05, 4.69) is 11.4 Å². The van der Waals surface area contributed by atoms with E-state index in [1.54, 1.807) is 0 Å². The van der Waals surface area contributed by atoms with Gasteiger partial charge in [0.05, 0.1) is 0 Å². The van der Waals surface area contributed by atoms with Gasteiger partial charge in [0, 0.05) is 5.69 Å². The highest BCUT2D eigenvalue weighted by atomic mass is 16.2. The minimum absolute atomic E-state index is 0.436. The molecule has 3 heteroatoms. The molecular weight excluding hydrogens is 200 g/mol. The van der Waals surface area contributed by atoms with Crippen molar-refractivity contribution in [2.75, 3.05) is 5.32 Å². The van der Waals surface area contributed by atoms with Crippen molar-refractivity contribution in [2.24, 2.45) is 5.73 Å². The maximum absolute atomic E-state index is 11.1. The highest BCUT2D eigenvalue weighted by molar-refractivity contribution is 5.90. The van der Waals surface area contributed by atoms with E-state index in [4.69, 9.17) is 5.73 Å². The van der Waals surface area contributed by atoms with E-state index in [0.717, 1.165) is 31.4 Å². The summed E-state index contributed by atoms with van der Waals surface area (Å²) in [6.45, 7) is 0. The Hall–Kier alpha value is -1.51. The Kier molecular flexibility index (Phi) is 2.13. The number of rotatable bonds is 1. The summed E-state index contributed by atoms with van der Waals surface area (Å²) in [6.07, 6.45) is 6.86. The molecule has 0 aliphatic heterocycles. The van der Waals surface area contributed by atoms with Crippen molar-refractivity contribution in [3.05, 3.63) is 28.3 Å². The Balaban J connectivity index is 2.15. The molecule has 0 saturated carbocycles. The number of hydrogen-bond acceptors (Lipinski definition) is 1. The summed E-state index contributed by atoms with van der Waals surface area (Å²) in [5.74, 6) is 0. The Labute approximate surface area is 95.0 Å². The number of carbonyl (C=O) groups excluding carboxylic acids is 1. The van der Waals surface area contributed by atoms with Crippen LogP contribution in [0.4, 0.5) is 10.5 Å². The van der Waals surface area contributed by atoms with Crippen molar-refractivity contribution >= 4 is 11.7 Å². The van der Waals surface area contributed by atoms with Crippen molar-refractivity contribution in [1.82, 2.24) is 0 Å². The molecule has 3 nitrogen and oxygen atoms in total. The summed E-state index contributed by atoms with van der Waals surface area (Å²) >= 11 is 0. The van der Waals surface area contributed by atoms with Gasteiger partial charge in [0.2, 0.25) is 0 Å². The third-order valence-corrected chi connectivity index (χ3v) is 3.72. The monoisotopic (exact) mass is 216 g/mol. The fourth-order valence-electron chi connectivity index (χ4n) is 3.09. The molecule has 0 bridgehead atoms. The van der Waals surface area contributed by atoms with E-state index >= 15 is 0 Å². The first kappa shape index (κ1) is 9.70. The van der Waals surface area contributed by atoms with Crippen LogP contribution in [0.3, 0.4) is 0 Å². The van der Waals surface area contributed by atoms with Crippen molar-refractivity contribution < 1.29 is 4.79 Å². The first-order valence-electron chi connectivity index (χ1n) is 5.98. The number of amides is 2. The van der Waals surface area contributed by atoms with Gasteiger partial charge in [0.1, 0.15) is 0 Å². The number of benzene rings is 1. The average Bonchev–Trinajstić information content (AvgIpc) is 2.83. The Morgan fingerprint density at radius 3 is 2.12 bits per heavy atom. The predicted molar refractivity (Wildman–Crippen MR) is 63.7 cm³/mol. The molecule has 0 spiro atoms. The van der Waals surface area contributed by atoms with Crippen molar-refractivity contribution in [1.29, 1.82) is 0 Å². The van der Waals surface area contributed by atoms with Gasteiger partial charge in [-0.25, -0.2) is 4.79 Å². The molecule has 0 heterocycles. The maximum atomic E-state index is 11.1. The smallest absolute Gasteiger partial charge is 0.316 e. The van der Waals surface area contributed by atoms with Crippen LogP contribution in [0.25, 0.3) is 0 Å². The summed E-state index contributed by atoms with van der Waals surface area (Å²) in [4.78, 5) is 11.1. The lowest BCUT2D eigenvalue weighted by Gasteiger charge is -2.14. The molecule has 2 amide bonds. The van der Waals surface area contributed by atoms with Gasteiger partial charge in [0.25, 0.3) is 0 Å². The molecule has 16 heavy (non-hydrogen) atoms. The van der Waals surface area contributed by atoms with Crippen LogP contribution in [0, 0.1) is 0 Å². The number of anilines is 1. The molecule has 0 aromatic heterocycles. The normalized spacial score (nSPS) is 17.0. The van der Waals surface area contributed by atoms with Crippen LogP contribution in [0.2, 0.25) is 0 Å². The van der Waals surface area contributed by atoms with Gasteiger partial charge in [-0.3, -0.25) is 0 Å². The molecule has 1 aromatic carbocycles. The maximum Gasteiger partial charge on any atom is 0.316 e. The van der Waals surface area contributed by atoms with E-state index < -0.39 is 6.03 Å². The third kappa shape index (κ3) is 1.39. The SMILES string of the molecule is NC(=O)Nc1c2c(cc3c1CCC3)CCC2. The summed E-state index contributed by atoms with van der Waals surface area (Å²) in [5.41, 5.74) is 11.8. The third-order valence-electron chi connectivity index (χ3n) is 3.72. The number of aryl methyl sites for hydroxylation is 2. The fraction of sp³-hybridized carbons (Fsp3) is 0.462. The molecule has 0 saturated heterocycles. The van der Waals surface area contributed by atoms with Crippen LogP contribution in [-0.2, 0) is 25.7 Å². The zero-order valence-corrected chi connectivity index (χ0v) is 9.31. The topological polar surface area (TPSA) is 55.1 Å². The summed E-state index contributed by atoms with van der Waals surface area (Å²) < 4.78 is 0. The number of urea groups is 1. The number of nitrogens with one attached hydrogen (secondary N) is 1. The predicted octanol–water partition coefficient (Wildman–Crippen LogP) is 2.15. The number of primary amides is 1. The number of hydrogen-bond donors (Lipinski definition) is 2. The molecule has 2 aliphatic rings. The molecule has 3 rings (SSSR count). The van der Waals surface area contributed by atoms with E-state index in [1.807, 2.05) is 0 Å². The highest BCUT2D eigenvalue weighted by Crippen LogP contribution is 2.38. The number of fused-ring (bicyclic) bond motifs is 2. The minimum Gasteiger partial charge on any atom is -0.351 e. The van der Waals surface area contributed by atoms with Gasteiger partial charge in [0.15, 0.2) is 0 Å². The van der Waals surface area contributed by atoms with Crippen LogP contribution in [0.5, 0.6) is 0 Å². The van der Waals surface area contributed by atoms with Gasteiger partial charge < -0.3 is 11.1 Å². The van der Waals surface area contributed by atoms with E-state index in [0.29, 0.717) is 0 Å². The molecule has 0 radical (unpaired) electrons. The van der Waals surface area contributed by atoms with Gasteiger partial charge in [-0.15, -0.1) is 0 Å². The second-order valence-electron chi connectivity index (χ2n) is 4.72. The lowest BCUT2D eigenvalue weighted by molar-refractivity contribution is 0.259. The van der Waals surface area contributed by atoms with E-state index in [-0.39, 0.29) is 0 Å². The molecule has 0 fully saturated rings. The van der Waals surface area contributed by atoms with Crippen molar-refractivity contribution in [2.45, 2.75) is 38.5 Å². The Morgan fingerprint density at radius 2 is 1.62 bits per heavy atom. The standard InChI is InChI=1S/C13H16N2O/c14-13(16)15-12-10-5-1-3-8(10)7-9-4-2-6-11(9)12/h7H,1-6H2,(H3,14,15,16). The van der Waals surface area contributed by atoms with E-state index in [9.17, 15) is 4.79 Å². The van der Waals surface area contributed by atoms with Gasteiger partial charge in [-0.2, -0.15) is 0 Å². The summed E-state index contributed by atoms with van der Waals surface area (Å²) in [7, 11) is 0. The van der Waals surface area contributed by atoms with E-state index in [1.165, 1.54) is 35.1 Å². The second-order valence-corrected chi connectivity index (χ2v) is 4.72. The largest absolute Gasteiger partial charge is 0.351 e. The van der Waals surface area contributed by atoms with Crippen LogP contribution >= 0.6 is 0 Å². The van der Waals surface area contributed by atoms with Crippen molar-refractivity contribution in [3.63, 3.8) is 0 Å². The van der Waals surface area contributed by atoms with Gasteiger partial charge in [-0.05, 0) is 60.8 Å². The van der Waals surface area contributed by atoms with Crippen LogP contribution in [0.1, 0.15) is 35.1 Å². The molecular formula is C13H16N2O. The zero-order valence-electron chi connectivity index (χ0n) is 9.31. The lowest BCUT2D eigenvalue weighted by Crippen LogP contribution is -2.21. The lowest BCUT2D eigenvalue weighted by atomic mass is 9.99. The first-order valence-corrected chi connectivity index (χ1v) is 5.98. The molecule has 84 valence electrons. The van der Waals surface area contributed by atoms with Gasteiger partial charge in [-0.1, -0.05) is 6.07 Å². The molecule has 0 unspecified atom stereocenters. The average molecular weight is 216 g/mol. The quantitative estimate of drug-likeness (QED) is 0.742. The van der Waals surface area contributed by atoms with Crippen molar-refractivity contribution in [3.8, 4) is 0 Å². The summed E-state index contributed by atoms with van der Waals surface area (Å²) in [6, 6.07) is 1.91. The Bertz CT molecular complexity index is 433. The highest BCUT2D eigenvalue weighted by Gasteiger charge is 2.24. The van der Waals surface area contributed by atoms with Gasteiger partial charge >= 0.3 is 6.03 Å². The Morgan fingerprint density at radius 1 is 1.06 bits per heavy atom. The second kappa shape index (κ2) is 3.51. The number of nitrogens with two attached hydrogens (primary N) is 1. The molecule has 0 atom stereocenters. The van der Waals surface area contributed by atoms with Crippen LogP contribution in [-0.4, -0.2) is 6.03 Å². The zero-order chi connectivity index (χ0) is 11.1. The summed E-state index contributed by atoms with van der Waals surface area (Å²) in [5, 5.41) is 2.84. The molecule has 1 aromatic rings. The molecule has 3 N–H and O–H groups in total. The number of carbonyl (C=O) groups is 1.